The molecule has 0 atom stereocenters. The maximum Gasteiger partial charge on any atom is 0.205 e. The number of methoxy groups -OCH3 is 1. The summed E-state index contributed by atoms with van der Waals surface area (Å²) in [7, 11) is 3.32. The fraction of sp³-hybridized carbons (Fsp3) is 0.857. The predicted molar refractivity (Wildman–Crippen MR) is 49.8 cm³/mol. The molecule has 0 aromatic carbocycles. The molecule has 12 heavy (non-hydrogen) atoms. The number of nitrogens with zero attached hydrogens (tertiary/aromatic N) is 1. The van der Waals surface area contributed by atoms with Crippen molar-refractivity contribution in [2.75, 3.05) is 20.7 Å². The first kappa shape index (κ1) is 11.2. The van der Waals surface area contributed by atoms with Crippen molar-refractivity contribution in [3.8, 4) is 0 Å². The summed E-state index contributed by atoms with van der Waals surface area (Å²) < 4.78 is 5.19. The molecule has 5 heteroatoms. The van der Waals surface area contributed by atoms with E-state index in [4.69, 9.17) is 10.6 Å². The molecule has 0 aromatic heterocycles. The predicted octanol–water partition coefficient (Wildman–Crippen LogP) is -0.550. The van der Waals surface area contributed by atoms with Gasteiger partial charge in [0.05, 0.1) is 5.60 Å². The molecule has 0 aliphatic rings. The Kier molecular flexibility index (Phi) is 4.61. The van der Waals surface area contributed by atoms with E-state index >= 15 is 0 Å². The van der Waals surface area contributed by atoms with Crippen LogP contribution in [0.5, 0.6) is 0 Å². The fourth-order valence-electron chi connectivity index (χ4n) is 0.563. The standard InChI is InChI=1S/C7H18N4O/c1-7(2,12-4)5-10-6(9-3)11-8/h5,8H2,1-4H3,(H2,9,10,11). The summed E-state index contributed by atoms with van der Waals surface area (Å²) >= 11 is 0. The van der Waals surface area contributed by atoms with Gasteiger partial charge >= 0.3 is 0 Å². The van der Waals surface area contributed by atoms with Crippen LogP contribution in [0.3, 0.4) is 0 Å². The van der Waals surface area contributed by atoms with E-state index in [9.17, 15) is 0 Å². The third-order valence-electron chi connectivity index (χ3n) is 1.59. The average molecular weight is 174 g/mol. The molecule has 0 aliphatic heterocycles. The SMILES string of the molecule is CN=C(NN)NCC(C)(C)OC. The molecule has 0 saturated heterocycles. The van der Waals surface area contributed by atoms with E-state index in [0.29, 0.717) is 12.5 Å². The van der Waals surface area contributed by atoms with Crippen molar-refractivity contribution in [1.29, 1.82) is 0 Å². The molecule has 0 saturated carbocycles. The summed E-state index contributed by atoms with van der Waals surface area (Å²) in [4.78, 5) is 3.86. The molecule has 0 aliphatic carbocycles. The van der Waals surface area contributed by atoms with Gasteiger partial charge in [-0.15, -0.1) is 0 Å². The molecule has 5 nitrogen and oxygen atoms in total. The number of ether oxygens (including phenoxy) is 1. The number of aliphatic imine (C=N–C) groups is 1. The van der Waals surface area contributed by atoms with E-state index in [-0.39, 0.29) is 5.60 Å². The van der Waals surface area contributed by atoms with Gasteiger partial charge in [0.25, 0.3) is 0 Å². The third kappa shape index (κ3) is 4.15. The van der Waals surface area contributed by atoms with Gasteiger partial charge in [0, 0.05) is 20.7 Å². The topological polar surface area (TPSA) is 71.7 Å². The average Bonchev–Trinajstić information content (AvgIpc) is 2.06. The molecule has 0 aromatic rings. The lowest BCUT2D eigenvalue weighted by Crippen LogP contribution is -2.47. The number of hydrogen-bond donors (Lipinski definition) is 3. The van der Waals surface area contributed by atoms with Crippen LogP contribution in [0.4, 0.5) is 0 Å². The van der Waals surface area contributed by atoms with Crippen molar-refractivity contribution in [1.82, 2.24) is 10.7 Å². The molecule has 72 valence electrons. The minimum absolute atomic E-state index is 0.215. The second-order valence-corrected chi connectivity index (χ2v) is 3.03. The second kappa shape index (κ2) is 4.95. The third-order valence-corrected chi connectivity index (χ3v) is 1.59. The zero-order valence-electron chi connectivity index (χ0n) is 8.14. The number of nitrogens with two attached hydrogens (primary N) is 1. The zero-order valence-corrected chi connectivity index (χ0v) is 8.14. The summed E-state index contributed by atoms with van der Waals surface area (Å²) in [6.45, 7) is 4.61. The lowest BCUT2D eigenvalue weighted by atomic mass is 10.1. The summed E-state index contributed by atoms with van der Waals surface area (Å²) in [5.41, 5.74) is 2.22. The van der Waals surface area contributed by atoms with Crippen molar-refractivity contribution in [2.24, 2.45) is 10.8 Å². The second-order valence-electron chi connectivity index (χ2n) is 3.03. The van der Waals surface area contributed by atoms with Gasteiger partial charge in [0.1, 0.15) is 0 Å². The lowest BCUT2D eigenvalue weighted by Gasteiger charge is -2.23. The van der Waals surface area contributed by atoms with Crippen LogP contribution in [-0.4, -0.2) is 32.3 Å². The Balaban J connectivity index is 3.81. The van der Waals surface area contributed by atoms with Crippen LogP contribution in [0.15, 0.2) is 4.99 Å². The normalized spacial score (nSPS) is 12.9. The van der Waals surface area contributed by atoms with Gasteiger partial charge in [-0.25, -0.2) is 5.84 Å². The van der Waals surface area contributed by atoms with Crippen molar-refractivity contribution >= 4 is 5.96 Å². The van der Waals surface area contributed by atoms with E-state index in [1.807, 2.05) is 13.8 Å². The smallest absolute Gasteiger partial charge is 0.205 e. The minimum Gasteiger partial charge on any atom is -0.377 e. The molecule has 0 amide bonds. The Labute approximate surface area is 73.3 Å². The molecule has 0 rings (SSSR count). The quantitative estimate of drug-likeness (QED) is 0.232. The summed E-state index contributed by atoms with van der Waals surface area (Å²) in [5, 5.41) is 3.00. The van der Waals surface area contributed by atoms with Crippen LogP contribution in [0.2, 0.25) is 0 Å². The molecule has 0 fully saturated rings. The monoisotopic (exact) mass is 174 g/mol. The number of hydrazine groups is 1. The molecular weight excluding hydrogens is 156 g/mol. The van der Waals surface area contributed by atoms with E-state index in [2.05, 4.69) is 15.7 Å². The first-order chi connectivity index (χ1) is 5.55. The molecule has 4 N–H and O–H groups in total. The number of rotatable bonds is 3. The van der Waals surface area contributed by atoms with Crippen LogP contribution < -0.4 is 16.6 Å². The van der Waals surface area contributed by atoms with Gasteiger partial charge in [0.15, 0.2) is 0 Å². The Morgan fingerprint density at radius 2 is 2.17 bits per heavy atom. The minimum atomic E-state index is -0.215. The van der Waals surface area contributed by atoms with Crippen LogP contribution >= 0.6 is 0 Å². The molecule has 0 spiro atoms. The van der Waals surface area contributed by atoms with Gasteiger partial charge in [-0.2, -0.15) is 0 Å². The van der Waals surface area contributed by atoms with Crippen molar-refractivity contribution < 1.29 is 4.74 Å². The summed E-state index contributed by atoms with van der Waals surface area (Å²) in [5.74, 6) is 5.73. The number of nitrogens with one attached hydrogen (secondary N) is 2. The van der Waals surface area contributed by atoms with E-state index in [0.717, 1.165) is 0 Å². The van der Waals surface area contributed by atoms with Crippen molar-refractivity contribution in [2.45, 2.75) is 19.4 Å². The highest BCUT2D eigenvalue weighted by molar-refractivity contribution is 5.78. The molecular formula is C7H18N4O. The van der Waals surface area contributed by atoms with Gasteiger partial charge in [0.2, 0.25) is 5.96 Å². The maximum atomic E-state index is 5.19. The largest absolute Gasteiger partial charge is 0.377 e. The highest BCUT2D eigenvalue weighted by Gasteiger charge is 2.15. The van der Waals surface area contributed by atoms with E-state index in [1.54, 1.807) is 14.2 Å². The zero-order chi connectivity index (χ0) is 9.61. The molecule has 0 unspecified atom stereocenters. The first-order valence-corrected chi connectivity index (χ1v) is 3.78. The van der Waals surface area contributed by atoms with Crippen molar-refractivity contribution in [3.05, 3.63) is 0 Å². The van der Waals surface area contributed by atoms with Gasteiger partial charge < -0.3 is 10.1 Å². The van der Waals surface area contributed by atoms with Crippen molar-refractivity contribution in [3.63, 3.8) is 0 Å². The Morgan fingerprint density at radius 1 is 1.58 bits per heavy atom. The Hall–Kier alpha value is -0.810. The van der Waals surface area contributed by atoms with E-state index < -0.39 is 0 Å². The molecule has 0 radical (unpaired) electrons. The maximum absolute atomic E-state index is 5.19. The van der Waals surface area contributed by atoms with Crippen LogP contribution in [0.1, 0.15) is 13.8 Å². The first-order valence-electron chi connectivity index (χ1n) is 3.78. The van der Waals surface area contributed by atoms with Gasteiger partial charge in [-0.3, -0.25) is 10.4 Å². The van der Waals surface area contributed by atoms with E-state index in [1.165, 1.54) is 0 Å². The number of hydrogen-bond acceptors (Lipinski definition) is 3. The van der Waals surface area contributed by atoms with Crippen LogP contribution in [0, 0.1) is 0 Å². The van der Waals surface area contributed by atoms with Gasteiger partial charge in [-0.05, 0) is 13.8 Å². The highest BCUT2D eigenvalue weighted by atomic mass is 16.5. The molecule has 0 bridgehead atoms. The highest BCUT2D eigenvalue weighted by Crippen LogP contribution is 2.03. The Bertz CT molecular complexity index is 155. The fourth-order valence-corrected chi connectivity index (χ4v) is 0.563. The van der Waals surface area contributed by atoms with Gasteiger partial charge in [-0.1, -0.05) is 0 Å². The Morgan fingerprint density at radius 3 is 2.50 bits per heavy atom. The number of guanidine groups is 1. The molecule has 0 heterocycles. The lowest BCUT2D eigenvalue weighted by molar-refractivity contribution is 0.0268. The summed E-state index contributed by atoms with van der Waals surface area (Å²) in [6, 6.07) is 0. The summed E-state index contributed by atoms with van der Waals surface area (Å²) in [6.07, 6.45) is 0. The van der Waals surface area contributed by atoms with Crippen LogP contribution in [-0.2, 0) is 4.74 Å². The van der Waals surface area contributed by atoms with Crippen LogP contribution in [0.25, 0.3) is 0 Å².